The molecule has 6 aromatic carbocycles. The molecule has 0 atom stereocenters. The fourth-order valence-electron chi connectivity index (χ4n) is 6.86. The Labute approximate surface area is 277 Å². The Morgan fingerprint density at radius 1 is 0.244 bits per heavy atom. The van der Waals surface area contributed by atoms with Crippen LogP contribution in [0.4, 0.5) is 0 Å². The van der Waals surface area contributed by atoms with Crippen molar-refractivity contribution in [2.45, 2.75) is 31.5 Å². The van der Waals surface area contributed by atoms with Crippen LogP contribution in [0.15, 0.2) is 182 Å². The normalized spacial score (nSPS) is 11.7. The van der Waals surface area contributed by atoms with Crippen LogP contribution in [0, 0.1) is 0 Å². The van der Waals surface area contributed by atoms with Gasteiger partial charge in [-0.1, -0.05) is 0 Å². The van der Waals surface area contributed by atoms with Gasteiger partial charge in [0.15, 0.2) is 0 Å². The third-order valence-corrected chi connectivity index (χ3v) is 61.0. The van der Waals surface area contributed by atoms with Crippen LogP contribution < -0.4 is 0 Å². The van der Waals surface area contributed by atoms with Crippen LogP contribution in [-0.2, 0) is 31.5 Å². The molecule has 0 aliphatic carbocycles. The van der Waals surface area contributed by atoms with Gasteiger partial charge in [0.1, 0.15) is 0 Å². The van der Waals surface area contributed by atoms with Crippen LogP contribution in [0.5, 0.6) is 0 Å². The minimum absolute atomic E-state index is 1.22. The van der Waals surface area contributed by atoms with Crippen molar-refractivity contribution in [2.24, 2.45) is 0 Å². The van der Waals surface area contributed by atoms with E-state index in [1.807, 2.05) is 0 Å². The number of benzene rings is 6. The van der Waals surface area contributed by atoms with E-state index in [1.165, 1.54) is 64.9 Å². The Kier molecular flexibility index (Phi) is 11.2. The first-order valence-electron chi connectivity index (χ1n) is 16.1. The van der Waals surface area contributed by atoms with Gasteiger partial charge in [0.25, 0.3) is 0 Å². The summed E-state index contributed by atoms with van der Waals surface area (Å²) in [4.78, 5) is 0. The van der Waals surface area contributed by atoms with Crippen LogP contribution >= 0.6 is 8.41 Å². The molecule has 0 heterocycles. The van der Waals surface area contributed by atoms with Crippen LogP contribution in [0.3, 0.4) is 0 Å². The molecule has 0 aromatic heterocycles. The van der Waals surface area contributed by atoms with Gasteiger partial charge in [0.2, 0.25) is 0 Å². The first-order valence-corrected chi connectivity index (χ1v) is 31.0. The molecule has 6 aromatic rings. The maximum atomic E-state index is 2.63. The summed E-state index contributed by atoms with van der Waals surface area (Å²) < 4.78 is 0. The van der Waals surface area contributed by atoms with Crippen molar-refractivity contribution in [2.75, 3.05) is 0 Å². The van der Waals surface area contributed by atoms with Crippen molar-refractivity contribution in [1.29, 1.82) is 0 Å². The van der Waals surface area contributed by atoms with Gasteiger partial charge in [-0.05, 0) is 0 Å². The standard InChI is InChI=1S/C42H42Ge2S/c1-7-19-37(20-8-1)31-43(32-38-21-9-2-10-22-38,33-39-23-11-3-12-24-39)45-44(34-40-25-13-4-14-26-40,35-41-27-15-5-16-28-41)36-42-29-17-6-18-30-42/h1-30H,31-36H2. The fourth-order valence-corrected chi connectivity index (χ4v) is 80.0. The first kappa shape index (κ1) is 31.7. The zero-order valence-electron chi connectivity index (χ0n) is 26.0. The second-order valence-electron chi connectivity index (χ2n) is 12.4. The first-order chi connectivity index (χ1) is 22.2. The van der Waals surface area contributed by atoms with Crippen molar-refractivity contribution in [3.8, 4) is 0 Å². The molecule has 6 rings (SSSR count). The van der Waals surface area contributed by atoms with Gasteiger partial charge in [-0.25, -0.2) is 0 Å². The predicted molar refractivity (Wildman–Crippen MR) is 200 cm³/mol. The van der Waals surface area contributed by atoms with E-state index < -0.39 is 24.2 Å². The summed E-state index contributed by atoms with van der Waals surface area (Å²) >= 11 is -5.70. The Bertz CT molecular complexity index is 1360. The summed E-state index contributed by atoms with van der Waals surface area (Å²) in [6.07, 6.45) is 0. The molecular formula is C42H42Ge2S. The second-order valence-corrected chi connectivity index (χ2v) is 44.0. The summed E-state index contributed by atoms with van der Waals surface area (Å²) in [6.45, 7) is 0. The third-order valence-electron chi connectivity index (χ3n) is 8.65. The summed E-state index contributed by atoms with van der Waals surface area (Å²) in [5, 5.41) is 7.34. The topological polar surface area (TPSA) is 0 Å². The zero-order valence-corrected chi connectivity index (χ0v) is 31.0. The van der Waals surface area contributed by atoms with Gasteiger partial charge in [-0.3, -0.25) is 0 Å². The average molecular weight is 724 g/mol. The molecule has 0 nitrogen and oxygen atoms in total. The molecule has 0 saturated carbocycles. The van der Waals surface area contributed by atoms with E-state index in [0.29, 0.717) is 0 Å². The van der Waals surface area contributed by atoms with Gasteiger partial charge >= 0.3 is 280 Å². The summed E-state index contributed by atoms with van der Waals surface area (Å²) in [5.41, 5.74) is 9.04. The summed E-state index contributed by atoms with van der Waals surface area (Å²) in [5.74, 6) is 0. The van der Waals surface area contributed by atoms with E-state index >= 15 is 0 Å². The molecule has 0 radical (unpaired) electrons. The van der Waals surface area contributed by atoms with E-state index in [-0.39, 0.29) is 0 Å². The molecule has 0 amide bonds. The van der Waals surface area contributed by atoms with Crippen LogP contribution in [-0.4, -0.2) is 24.2 Å². The van der Waals surface area contributed by atoms with Crippen molar-refractivity contribution >= 4 is 32.7 Å². The van der Waals surface area contributed by atoms with E-state index in [2.05, 4.69) is 190 Å². The molecule has 0 aliphatic rings. The van der Waals surface area contributed by atoms with Crippen molar-refractivity contribution < 1.29 is 0 Å². The predicted octanol–water partition coefficient (Wildman–Crippen LogP) is 10.3. The fraction of sp³-hybridized carbons (Fsp3) is 0.143. The number of hydrogen-bond acceptors (Lipinski definition) is 1. The minimum atomic E-state index is -2.85. The number of hydrogen-bond donors (Lipinski definition) is 0. The van der Waals surface area contributed by atoms with Crippen LogP contribution in [0.1, 0.15) is 33.4 Å². The molecule has 0 aliphatic heterocycles. The third kappa shape index (κ3) is 9.39. The number of rotatable bonds is 14. The van der Waals surface area contributed by atoms with E-state index in [4.69, 9.17) is 0 Å². The van der Waals surface area contributed by atoms with E-state index in [0.717, 1.165) is 0 Å². The maximum absolute atomic E-state index is 2.85. The van der Waals surface area contributed by atoms with Crippen molar-refractivity contribution in [3.63, 3.8) is 0 Å². The molecule has 224 valence electrons. The molecule has 0 bridgehead atoms. The molecule has 45 heavy (non-hydrogen) atoms. The Morgan fingerprint density at radius 2 is 0.400 bits per heavy atom. The zero-order chi connectivity index (χ0) is 30.6. The monoisotopic (exact) mass is 726 g/mol. The molecule has 0 N–H and O–H groups in total. The van der Waals surface area contributed by atoms with Gasteiger partial charge in [0.05, 0.1) is 0 Å². The van der Waals surface area contributed by atoms with E-state index in [9.17, 15) is 0 Å². The molecule has 3 heteroatoms. The molecule has 0 fully saturated rings. The Morgan fingerprint density at radius 3 is 0.556 bits per heavy atom. The summed E-state index contributed by atoms with van der Waals surface area (Å²) in [7, 11) is 2.63. The average Bonchev–Trinajstić information content (AvgIpc) is 3.07. The van der Waals surface area contributed by atoms with Crippen molar-refractivity contribution in [3.05, 3.63) is 215 Å². The van der Waals surface area contributed by atoms with Gasteiger partial charge in [0, 0.05) is 0 Å². The molecule has 0 saturated heterocycles. The Hall–Kier alpha value is -3.24. The molecule has 0 unspecified atom stereocenters. The van der Waals surface area contributed by atoms with Gasteiger partial charge in [-0.15, -0.1) is 0 Å². The second kappa shape index (κ2) is 15.8. The van der Waals surface area contributed by atoms with Crippen LogP contribution in [0.2, 0.25) is 0 Å². The van der Waals surface area contributed by atoms with Crippen LogP contribution in [0.25, 0.3) is 0 Å². The Balaban J connectivity index is 1.53. The molecular weight excluding hydrogens is 682 g/mol. The summed E-state index contributed by atoms with van der Waals surface area (Å²) in [6, 6.07) is 68.5. The van der Waals surface area contributed by atoms with Gasteiger partial charge < -0.3 is 0 Å². The van der Waals surface area contributed by atoms with Gasteiger partial charge in [-0.2, -0.15) is 0 Å². The molecule has 0 spiro atoms. The SMILES string of the molecule is c1ccc([CH2][Ge]([CH2]c2ccccc2)([CH2]c2ccccc2)[S][Ge]([CH2]c2ccccc2)([CH2]c2ccccc2)[CH2]c2ccccc2)cc1. The van der Waals surface area contributed by atoms with E-state index in [1.54, 1.807) is 0 Å². The van der Waals surface area contributed by atoms with Crippen molar-refractivity contribution in [1.82, 2.24) is 0 Å². The quantitative estimate of drug-likeness (QED) is 0.101.